The van der Waals surface area contributed by atoms with Gasteiger partial charge in [-0.25, -0.2) is 14.0 Å². The van der Waals surface area contributed by atoms with Crippen molar-refractivity contribution in [3.05, 3.63) is 114 Å². The molecule has 0 radical (unpaired) electrons. The van der Waals surface area contributed by atoms with Crippen LogP contribution in [0.25, 0.3) is 16.6 Å². The number of hydrogen-bond donors (Lipinski definition) is 2. The lowest BCUT2D eigenvalue weighted by Crippen LogP contribution is -2.42. The average Bonchev–Trinajstić information content (AvgIpc) is 3.55. The van der Waals surface area contributed by atoms with E-state index in [0.29, 0.717) is 12.2 Å². The van der Waals surface area contributed by atoms with Crippen LogP contribution in [0.2, 0.25) is 0 Å². The van der Waals surface area contributed by atoms with Gasteiger partial charge < -0.3 is 24.4 Å². The van der Waals surface area contributed by atoms with Crippen molar-refractivity contribution in [2.75, 3.05) is 19.6 Å². The van der Waals surface area contributed by atoms with Crippen LogP contribution in [0.4, 0.5) is 4.39 Å². The van der Waals surface area contributed by atoms with E-state index in [9.17, 15) is 14.0 Å². The van der Waals surface area contributed by atoms with Crippen molar-refractivity contribution in [3.63, 3.8) is 0 Å². The van der Waals surface area contributed by atoms with Crippen molar-refractivity contribution in [2.45, 2.75) is 44.3 Å². The molecule has 1 spiro atoms. The van der Waals surface area contributed by atoms with Gasteiger partial charge in [-0.2, -0.15) is 0 Å². The first-order valence-electron chi connectivity index (χ1n) is 14.3. The summed E-state index contributed by atoms with van der Waals surface area (Å²) in [6, 6.07) is 24.0. The van der Waals surface area contributed by atoms with Crippen LogP contribution in [0.1, 0.15) is 42.4 Å². The molecule has 2 aliphatic heterocycles. The molecule has 7 nitrogen and oxygen atoms in total. The molecule has 0 atom stereocenters. The number of nitrogens with zero attached hydrogens (tertiary/aromatic N) is 2. The Bertz CT molecular complexity index is 1550. The van der Waals surface area contributed by atoms with Crippen molar-refractivity contribution in [1.29, 1.82) is 0 Å². The Hall–Kier alpha value is -4.27. The third kappa shape index (κ3) is 6.78. The molecule has 1 aromatic heterocycles. The number of aliphatic carboxylic acids is 2. The first-order valence-corrected chi connectivity index (χ1v) is 14.3. The lowest BCUT2D eigenvalue weighted by Gasteiger charge is -2.39. The van der Waals surface area contributed by atoms with Crippen molar-refractivity contribution in [3.8, 4) is 5.69 Å². The highest BCUT2D eigenvalue weighted by Crippen LogP contribution is 2.44. The summed E-state index contributed by atoms with van der Waals surface area (Å²) in [7, 11) is 0. The minimum Gasteiger partial charge on any atom is -0.478 e. The number of likely N-dealkylation sites (tertiary alicyclic amines) is 1. The van der Waals surface area contributed by atoms with Gasteiger partial charge in [0, 0.05) is 42.5 Å². The van der Waals surface area contributed by atoms with Gasteiger partial charge in [0.15, 0.2) is 0 Å². The Morgan fingerprint density at radius 3 is 2.26 bits per heavy atom. The molecule has 0 unspecified atom stereocenters. The van der Waals surface area contributed by atoms with E-state index >= 15 is 0 Å². The zero-order chi connectivity index (χ0) is 29.5. The molecule has 8 heteroatoms. The minimum atomic E-state index is -1.26. The predicted octanol–water partition coefficient (Wildman–Crippen LogP) is 6.33. The zero-order valence-corrected chi connectivity index (χ0v) is 23.4. The fourth-order valence-corrected chi connectivity index (χ4v) is 5.99. The van der Waals surface area contributed by atoms with E-state index in [4.69, 9.17) is 14.9 Å². The number of benzene rings is 3. The highest BCUT2D eigenvalue weighted by molar-refractivity contribution is 5.89. The van der Waals surface area contributed by atoms with Gasteiger partial charge in [0.2, 0.25) is 0 Å². The topological polar surface area (TPSA) is 92.0 Å². The monoisotopic (exact) mass is 570 g/mol. The summed E-state index contributed by atoms with van der Waals surface area (Å²) in [4.78, 5) is 21.7. The van der Waals surface area contributed by atoms with Crippen LogP contribution in [-0.4, -0.2) is 51.3 Å². The quantitative estimate of drug-likeness (QED) is 0.190. The summed E-state index contributed by atoms with van der Waals surface area (Å²) in [5, 5.41) is 16.9. The number of halogens is 1. The fraction of sp³-hybridized carbons (Fsp3) is 0.294. The van der Waals surface area contributed by atoms with E-state index in [2.05, 4.69) is 64.2 Å². The van der Waals surface area contributed by atoms with Crippen molar-refractivity contribution < 1.29 is 28.9 Å². The predicted molar refractivity (Wildman–Crippen MR) is 159 cm³/mol. The maximum absolute atomic E-state index is 13.4. The summed E-state index contributed by atoms with van der Waals surface area (Å²) < 4.78 is 21.9. The standard InChI is InChI=1S/C30H31FN2O.C4H4O4/c31-25-12-14-26(15-13-25)33-21-23(27-9-2-4-11-29(27)33)7-5-6-18-32-19-16-30(17-20-32)28-10-3-1-8-24(28)22-34-30;5-3(6)1-2-4(7)8/h1-4,8-15,21H,5-7,16-20,22H2;1-2H,(H,5,6)(H,7,8). The van der Waals surface area contributed by atoms with Crippen LogP contribution in [0.3, 0.4) is 0 Å². The summed E-state index contributed by atoms with van der Waals surface area (Å²) in [5.41, 5.74) is 6.30. The van der Waals surface area contributed by atoms with Gasteiger partial charge in [0.05, 0.1) is 17.7 Å². The first kappa shape index (κ1) is 29.2. The number of aromatic nitrogens is 1. The second-order valence-electron chi connectivity index (χ2n) is 10.8. The number of rotatable bonds is 8. The molecule has 0 saturated carbocycles. The SMILES string of the molecule is Fc1ccc(-n2cc(CCCCN3CCC4(CC3)OCc3ccccc34)c3ccccc32)cc1.O=C(O)C=CC(=O)O. The number of hydrogen-bond acceptors (Lipinski definition) is 4. The first-order chi connectivity index (χ1) is 20.3. The lowest BCUT2D eigenvalue weighted by atomic mass is 9.84. The molecule has 42 heavy (non-hydrogen) atoms. The van der Waals surface area contributed by atoms with Gasteiger partial charge in [-0.1, -0.05) is 42.5 Å². The number of para-hydroxylation sites is 1. The Labute approximate surface area is 244 Å². The second kappa shape index (κ2) is 13.1. The van der Waals surface area contributed by atoms with Crippen LogP contribution in [0, 0.1) is 5.82 Å². The van der Waals surface area contributed by atoms with Crippen LogP contribution in [-0.2, 0) is 33.0 Å². The molecule has 0 aliphatic carbocycles. The van der Waals surface area contributed by atoms with E-state index in [-0.39, 0.29) is 11.4 Å². The smallest absolute Gasteiger partial charge is 0.328 e. The molecule has 218 valence electrons. The van der Waals surface area contributed by atoms with Crippen molar-refractivity contribution >= 4 is 22.8 Å². The molecule has 0 amide bonds. The zero-order valence-electron chi connectivity index (χ0n) is 23.4. The van der Waals surface area contributed by atoms with Crippen LogP contribution >= 0.6 is 0 Å². The number of ether oxygens (including phenoxy) is 1. The number of fused-ring (bicyclic) bond motifs is 3. The highest BCUT2D eigenvalue weighted by Gasteiger charge is 2.42. The van der Waals surface area contributed by atoms with Crippen LogP contribution < -0.4 is 0 Å². The van der Waals surface area contributed by atoms with Crippen molar-refractivity contribution in [1.82, 2.24) is 9.47 Å². The Morgan fingerprint density at radius 2 is 1.55 bits per heavy atom. The molecule has 3 aromatic carbocycles. The normalized spacial score (nSPS) is 15.9. The highest BCUT2D eigenvalue weighted by atomic mass is 19.1. The van der Waals surface area contributed by atoms with E-state index in [1.54, 1.807) is 0 Å². The molecule has 1 fully saturated rings. The van der Waals surface area contributed by atoms with E-state index in [0.717, 1.165) is 51.2 Å². The summed E-state index contributed by atoms with van der Waals surface area (Å²) in [6.45, 7) is 4.13. The van der Waals surface area contributed by atoms with Gasteiger partial charge in [-0.3, -0.25) is 0 Å². The minimum absolute atomic E-state index is 0.0464. The number of carbonyl (C=O) groups is 2. The second-order valence-corrected chi connectivity index (χ2v) is 10.8. The largest absolute Gasteiger partial charge is 0.478 e. The van der Waals surface area contributed by atoms with Gasteiger partial charge in [0.1, 0.15) is 5.82 Å². The van der Waals surface area contributed by atoms with Gasteiger partial charge in [-0.05, 0) is 85.7 Å². The summed E-state index contributed by atoms with van der Waals surface area (Å²) in [6.07, 6.45) is 8.95. The maximum Gasteiger partial charge on any atom is 0.328 e. The van der Waals surface area contributed by atoms with Gasteiger partial charge in [-0.15, -0.1) is 0 Å². The summed E-state index contributed by atoms with van der Waals surface area (Å²) >= 11 is 0. The fourth-order valence-electron chi connectivity index (χ4n) is 5.99. The average molecular weight is 571 g/mol. The lowest BCUT2D eigenvalue weighted by molar-refractivity contribution is -0.134. The molecule has 0 bridgehead atoms. The molecule has 3 heterocycles. The van der Waals surface area contributed by atoms with Crippen molar-refractivity contribution in [2.24, 2.45) is 0 Å². The van der Waals surface area contributed by atoms with Crippen LogP contribution in [0.5, 0.6) is 0 Å². The Morgan fingerprint density at radius 1 is 0.881 bits per heavy atom. The third-order valence-corrected chi connectivity index (χ3v) is 8.11. The number of carboxylic acids is 2. The third-order valence-electron chi connectivity index (χ3n) is 8.11. The molecule has 2 N–H and O–H groups in total. The summed E-state index contributed by atoms with van der Waals surface area (Å²) in [5.74, 6) is -2.72. The molecular formula is C34H35FN2O5. The molecular weight excluding hydrogens is 535 g/mol. The van der Waals surface area contributed by atoms with Crippen LogP contribution in [0.15, 0.2) is 91.1 Å². The number of piperidine rings is 1. The molecule has 6 rings (SSSR count). The van der Waals surface area contributed by atoms with Gasteiger partial charge in [0.25, 0.3) is 0 Å². The van der Waals surface area contributed by atoms with E-state index in [1.165, 1.54) is 52.6 Å². The number of carboxylic acid groups (broad SMARTS) is 2. The van der Waals surface area contributed by atoms with E-state index < -0.39 is 11.9 Å². The maximum atomic E-state index is 13.4. The Kier molecular flexibility index (Phi) is 9.15. The molecule has 4 aromatic rings. The molecule has 1 saturated heterocycles. The molecule has 2 aliphatic rings. The Balaban J connectivity index is 0.000000390. The number of unbranched alkanes of at least 4 members (excludes halogenated alkanes) is 1. The van der Waals surface area contributed by atoms with Gasteiger partial charge >= 0.3 is 11.9 Å². The number of aryl methyl sites for hydroxylation is 1. The van der Waals surface area contributed by atoms with E-state index in [1.807, 2.05) is 12.1 Å².